The second-order valence-corrected chi connectivity index (χ2v) is 5.99. The van der Waals surface area contributed by atoms with Gasteiger partial charge in [0.2, 0.25) is 5.91 Å². The molecule has 2 saturated carbocycles. The van der Waals surface area contributed by atoms with E-state index in [1.807, 2.05) is 0 Å². The van der Waals surface area contributed by atoms with Gasteiger partial charge in [0.1, 0.15) is 0 Å². The van der Waals surface area contributed by atoms with E-state index in [2.05, 4.69) is 11.9 Å². The standard InChI is InChI=1S/C15H25NO2/c1-10(2)15(18)16-14-8-4-6-12-11(9-17)5-3-7-13(12)14/h11-14,17H,1,3-9H2,2H3,(H,16,18). The summed E-state index contributed by atoms with van der Waals surface area (Å²) in [5.74, 6) is 1.61. The SMILES string of the molecule is C=C(C)C(=O)NC1CCCC2C(CO)CCCC12. The van der Waals surface area contributed by atoms with Gasteiger partial charge in [-0.15, -0.1) is 0 Å². The predicted molar refractivity (Wildman–Crippen MR) is 72.0 cm³/mol. The van der Waals surface area contributed by atoms with Gasteiger partial charge in [0.05, 0.1) is 0 Å². The lowest BCUT2D eigenvalue weighted by Gasteiger charge is -2.45. The minimum Gasteiger partial charge on any atom is -0.396 e. The van der Waals surface area contributed by atoms with Crippen molar-refractivity contribution in [1.82, 2.24) is 5.32 Å². The number of carbonyl (C=O) groups excluding carboxylic acids is 1. The maximum atomic E-state index is 11.8. The predicted octanol–water partition coefficient (Wildman–Crippen LogP) is 2.26. The molecule has 4 atom stereocenters. The molecule has 102 valence electrons. The third-order valence-electron chi connectivity index (χ3n) is 4.78. The van der Waals surface area contributed by atoms with Gasteiger partial charge in [-0.05, 0) is 50.4 Å². The molecule has 2 N–H and O–H groups in total. The van der Waals surface area contributed by atoms with E-state index in [1.165, 1.54) is 25.7 Å². The number of rotatable bonds is 3. The van der Waals surface area contributed by atoms with Crippen molar-refractivity contribution in [2.45, 2.75) is 51.5 Å². The summed E-state index contributed by atoms with van der Waals surface area (Å²) in [5, 5.41) is 12.6. The van der Waals surface area contributed by atoms with E-state index in [4.69, 9.17) is 0 Å². The number of fused-ring (bicyclic) bond motifs is 1. The fourth-order valence-electron chi connectivity index (χ4n) is 3.83. The molecule has 18 heavy (non-hydrogen) atoms. The molecule has 0 bridgehead atoms. The topological polar surface area (TPSA) is 49.3 Å². The molecular weight excluding hydrogens is 226 g/mol. The lowest BCUT2D eigenvalue weighted by molar-refractivity contribution is -0.119. The Morgan fingerprint density at radius 1 is 1.22 bits per heavy atom. The van der Waals surface area contributed by atoms with Gasteiger partial charge in [-0.3, -0.25) is 4.79 Å². The first-order chi connectivity index (χ1) is 8.63. The zero-order valence-corrected chi connectivity index (χ0v) is 11.3. The van der Waals surface area contributed by atoms with Gasteiger partial charge >= 0.3 is 0 Å². The normalized spacial score (nSPS) is 35.7. The van der Waals surface area contributed by atoms with Crippen molar-refractivity contribution in [2.24, 2.45) is 17.8 Å². The molecule has 1 amide bonds. The molecule has 0 aromatic heterocycles. The molecule has 0 aromatic rings. The van der Waals surface area contributed by atoms with Crippen molar-refractivity contribution in [3.8, 4) is 0 Å². The Morgan fingerprint density at radius 2 is 1.89 bits per heavy atom. The van der Waals surface area contributed by atoms with Crippen molar-refractivity contribution in [1.29, 1.82) is 0 Å². The molecule has 2 aliphatic rings. The Labute approximate surface area is 110 Å². The molecule has 0 aliphatic heterocycles. The highest BCUT2D eigenvalue weighted by atomic mass is 16.3. The smallest absolute Gasteiger partial charge is 0.246 e. The summed E-state index contributed by atoms with van der Waals surface area (Å²) in [7, 11) is 0. The van der Waals surface area contributed by atoms with Gasteiger partial charge in [-0.1, -0.05) is 19.4 Å². The molecular formula is C15H25NO2. The number of amides is 1. The van der Waals surface area contributed by atoms with Gasteiger partial charge < -0.3 is 10.4 Å². The van der Waals surface area contributed by atoms with Gasteiger partial charge in [0, 0.05) is 18.2 Å². The molecule has 0 spiro atoms. The van der Waals surface area contributed by atoms with E-state index in [9.17, 15) is 9.90 Å². The Balaban J connectivity index is 2.03. The average Bonchev–Trinajstić information content (AvgIpc) is 2.38. The molecule has 3 heteroatoms. The van der Waals surface area contributed by atoms with E-state index in [-0.39, 0.29) is 5.91 Å². The molecule has 3 nitrogen and oxygen atoms in total. The van der Waals surface area contributed by atoms with Crippen LogP contribution in [0.4, 0.5) is 0 Å². The summed E-state index contributed by atoms with van der Waals surface area (Å²) >= 11 is 0. The Hall–Kier alpha value is -0.830. The summed E-state index contributed by atoms with van der Waals surface area (Å²) in [4.78, 5) is 11.8. The fraction of sp³-hybridized carbons (Fsp3) is 0.800. The van der Waals surface area contributed by atoms with Crippen LogP contribution in [0.3, 0.4) is 0 Å². The lowest BCUT2D eigenvalue weighted by atomic mass is 9.63. The van der Waals surface area contributed by atoms with Crippen LogP contribution in [0, 0.1) is 17.8 Å². The van der Waals surface area contributed by atoms with Crippen LogP contribution in [0.5, 0.6) is 0 Å². The highest BCUT2D eigenvalue weighted by Gasteiger charge is 2.40. The Bertz CT molecular complexity index is 326. The Kier molecular flexibility index (Phi) is 4.44. The molecule has 0 radical (unpaired) electrons. The summed E-state index contributed by atoms with van der Waals surface area (Å²) in [6, 6.07) is 0.294. The van der Waals surface area contributed by atoms with Crippen LogP contribution >= 0.6 is 0 Å². The summed E-state index contributed by atoms with van der Waals surface area (Å²) in [6.45, 7) is 5.77. The van der Waals surface area contributed by atoms with Crippen molar-refractivity contribution in [2.75, 3.05) is 6.61 Å². The number of aliphatic hydroxyl groups excluding tert-OH is 1. The van der Waals surface area contributed by atoms with Crippen LogP contribution < -0.4 is 5.32 Å². The molecule has 0 saturated heterocycles. The number of nitrogens with one attached hydrogen (secondary N) is 1. The van der Waals surface area contributed by atoms with Crippen molar-refractivity contribution in [3.63, 3.8) is 0 Å². The monoisotopic (exact) mass is 251 g/mol. The number of aliphatic hydroxyl groups is 1. The maximum Gasteiger partial charge on any atom is 0.246 e. The maximum absolute atomic E-state index is 11.8. The minimum atomic E-state index is -0.00762. The van der Waals surface area contributed by atoms with Gasteiger partial charge in [0.15, 0.2) is 0 Å². The first-order valence-electron chi connectivity index (χ1n) is 7.20. The van der Waals surface area contributed by atoms with Gasteiger partial charge in [-0.25, -0.2) is 0 Å². The first-order valence-corrected chi connectivity index (χ1v) is 7.20. The van der Waals surface area contributed by atoms with Crippen molar-refractivity contribution >= 4 is 5.91 Å². The van der Waals surface area contributed by atoms with Crippen LogP contribution in [0.25, 0.3) is 0 Å². The van der Waals surface area contributed by atoms with Crippen molar-refractivity contribution in [3.05, 3.63) is 12.2 Å². The van der Waals surface area contributed by atoms with Crippen LogP contribution in [0.2, 0.25) is 0 Å². The number of hydrogen-bond donors (Lipinski definition) is 2. The van der Waals surface area contributed by atoms with E-state index in [0.717, 1.165) is 12.8 Å². The minimum absolute atomic E-state index is 0.00762. The van der Waals surface area contributed by atoms with E-state index < -0.39 is 0 Å². The largest absolute Gasteiger partial charge is 0.396 e. The van der Waals surface area contributed by atoms with Crippen LogP contribution in [0.15, 0.2) is 12.2 Å². The van der Waals surface area contributed by atoms with E-state index in [0.29, 0.717) is 36.0 Å². The first kappa shape index (κ1) is 13.6. The molecule has 2 rings (SSSR count). The second kappa shape index (κ2) is 5.87. The lowest BCUT2D eigenvalue weighted by Crippen LogP contribution is -2.49. The highest BCUT2D eigenvalue weighted by molar-refractivity contribution is 5.92. The quantitative estimate of drug-likeness (QED) is 0.756. The number of carbonyl (C=O) groups is 1. The third kappa shape index (κ3) is 2.77. The van der Waals surface area contributed by atoms with Crippen LogP contribution in [-0.2, 0) is 4.79 Å². The Morgan fingerprint density at radius 3 is 2.56 bits per heavy atom. The molecule has 0 heterocycles. The van der Waals surface area contributed by atoms with Gasteiger partial charge in [0.25, 0.3) is 0 Å². The third-order valence-corrected chi connectivity index (χ3v) is 4.78. The number of hydrogen-bond acceptors (Lipinski definition) is 2. The summed E-state index contributed by atoms with van der Waals surface area (Å²) < 4.78 is 0. The zero-order chi connectivity index (χ0) is 13.1. The molecule has 0 aromatic carbocycles. The molecule has 2 fully saturated rings. The highest BCUT2D eigenvalue weighted by Crippen LogP contribution is 2.43. The summed E-state index contributed by atoms with van der Waals surface area (Å²) in [5.41, 5.74) is 0.589. The second-order valence-electron chi connectivity index (χ2n) is 5.99. The van der Waals surface area contributed by atoms with E-state index >= 15 is 0 Å². The van der Waals surface area contributed by atoms with Crippen molar-refractivity contribution < 1.29 is 9.90 Å². The molecule has 4 unspecified atom stereocenters. The van der Waals surface area contributed by atoms with Crippen LogP contribution in [-0.4, -0.2) is 23.7 Å². The van der Waals surface area contributed by atoms with E-state index in [1.54, 1.807) is 6.92 Å². The van der Waals surface area contributed by atoms with Crippen LogP contribution in [0.1, 0.15) is 45.4 Å². The summed E-state index contributed by atoms with van der Waals surface area (Å²) in [6.07, 6.45) is 7.00. The molecule has 2 aliphatic carbocycles. The zero-order valence-electron chi connectivity index (χ0n) is 11.3. The van der Waals surface area contributed by atoms with Gasteiger partial charge in [-0.2, -0.15) is 0 Å². The average molecular weight is 251 g/mol. The fourth-order valence-corrected chi connectivity index (χ4v) is 3.83.